The summed E-state index contributed by atoms with van der Waals surface area (Å²) in [4.78, 5) is 2.79. The molecule has 0 aromatic heterocycles. The molecule has 0 aliphatic rings. The van der Waals surface area contributed by atoms with Crippen molar-refractivity contribution in [3.63, 3.8) is 0 Å². The first-order valence-electron chi connectivity index (χ1n) is 3.71. The molecule has 10 heteroatoms. The molecule has 0 aliphatic heterocycles. The van der Waals surface area contributed by atoms with Crippen LogP contribution in [0.25, 0.3) is 4.98 Å². The Morgan fingerprint density at radius 2 is 1.76 bits per heavy atom. The van der Waals surface area contributed by atoms with Gasteiger partial charge in [0.1, 0.15) is 5.82 Å². The van der Waals surface area contributed by atoms with Crippen LogP contribution >= 0.6 is 0 Å². The molecular weight excluding hydrogens is 268 g/mol. The molecule has 0 bridgehead atoms. The first-order valence-corrected chi connectivity index (χ1v) is 5.11. The largest absolute Gasteiger partial charge is 0.741 e. The third-order valence-electron chi connectivity index (χ3n) is 1.21. The Kier molecular flexibility index (Phi) is 4.99. The summed E-state index contributed by atoms with van der Waals surface area (Å²) in [5, 5.41) is 8.12. The molecule has 1 aromatic carbocycles. The average molecular weight is 272 g/mol. The SMILES string of the molecule is N#[N+]c1cccc(F)c1.O=S(=O)([O-])C(F)(F)F. The second kappa shape index (κ2) is 5.55. The fraction of sp³-hybridized carbons (Fsp3) is 0.143. The number of rotatable bonds is 0. The summed E-state index contributed by atoms with van der Waals surface area (Å²) in [6.07, 6.45) is 0. The van der Waals surface area contributed by atoms with Crippen molar-refractivity contribution in [2.24, 2.45) is 0 Å². The summed E-state index contributed by atoms with van der Waals surface area (Å²) >= 11 is 0. The lowest BCUT2D eigenvalue weighted by Gasteiger charge is -2.08. The van der Waals surface area contributed by atoms with Crippen molar-refractivity contribution in [3.05, 3.63) is 35.1 Å². The topological polar surface area (TPSA) is 85.3 Å². The third-order valence-corrected chi connectivity index (χ3v) is 1.77. The van der Waals surface area contributed by atoms with Crippen LogP contribution < -0.4 is 0 Å². The molecule has 0 fully saturated rings. The van der Waals surface area contributed by atoms with Crippen LogP contribution in [0, 0.1) is 11.2 Å². The predicted octanol–water partition coefficient (Wildman–Crippen LogP) is 2.36. The van der Waals surface area contributed by atoms with Crippen molar-refractivity contribution in [2.75, 3.05) is 0 Å². The van der Waals surface area contributed by atoms with Gasteiger partial charge in [0.2, 0.25) is 5.39 Å². The Labute approximate surface area is 93.1 Å². The minimum atomic E-state index is -6.09. The molecule has 17 heavy (non-hydrogen) atoms. The van der Waals surface area contributed by atoms with Crippen LogP contribution in [-0.4, -0.2) is 18.5 Å². The lowest BCUT2D eigenvalue weighted by Crippen LogP contribution is -2.21. The first kappa shape index (κ1) is 15.3. The van der Waals surface area contributed by atoms with Crippen molar-refractivity contribution < 1.29 is 30.5 Å². The summed E-state index contributed by atoms with van der Waals surface area (Å²) in [6, 6.07) is 5.40. The third kappa shape index (κ3) is 5.79. The normalized spacial score (nSPS) is 11.1. The quantitative estimate of drug-likeness (QED) is 0.314. The Balaban J connectivity index is 0.000000304. The fourth-order valence-corrected chi connectivity index (χ4v) is 0.538. The van der Waals surface area contributed by atoms with E-state index >= 15 is 0 Å². The molecule has 0 aliphatic carbocycles. The Hall–Kier alpha value is -1.73. The van der Waals surface area contributed by atoms with Gasteiger partial charge in [0, 0.05) is 6.07 Å². The van der Waals surface area contributed by atoms with Crippen molar-refractivity contribution in [3.8, 4) is 0 Å². The van der Waals surface area contributed by atoms with Crippen molar-refractivity contribution in [2.45, 2.75) is 5.51 Å². The zero-order valence-electron chi connectivity index (χ0n) is 7.85. The van der Waals surface area contributed by atoms with Gasteiger partial charge in [-0.05, 0) is 6.07 Å². The molecule has 0 heterocycles. The van der Waals surface area contributed by atoms with E-state index in [0.29, 0.717) is 0 Å². The Morgan fingerprint density at radius 3 is 2.00 bits per heavy atom. The van der Waals surface area contributed by atoms with Gasteiger partial charge in [0.15, 0.2) is 15.1 Å². The fourth-order valence-electron chi connectivity index (χ4n) is 0.538. The number of hydrogen-bond donors (Lipinski definition) is 0. The molecule has 0 saturated carbocycles. The average Bonchev–Trinajstić information content (AvgIpc) is 2.15. The van der Waals surface area contributed by atoms with Crippen LogP contribution in [0.4, 0.5) is 23.2 Å². The van der Waals surface area contributed by atoms with E-state index in [2.05, 4.69) is 4.98 Å². The van der Waals surface area contributed by atoms with Gasteiger partial charge in [-0.15, -0.1) is 0 Å². The molecule has 1 aromatic rings. The highest BCUT2D eigenvalue weighted by Gasteiger charge is 2.36. The number of alkyl halides is 3. The maximum atomic E-state index is 12.2. The maximum absolute atomic E-state index is 12.2. The van der Waals surface area contributed by atoms with Gasteiger partial charge in [0.05, 0.1) is 6.07 Å². The second-order valence-electron chi connectivity index (χ2n) is 2.48. The standard InChI is InChI=1S/C6H4FN2.CHF3O3S/c7-5-2-1-3-6(4-5)9-8;2-1(3,4)8(5,6)7/h1-4H;(H,5,6,7)/q+1;/p-1. The van der Waals surface area contributed by atoms with E-state index in [1.165, 1.54) is 18.2 Å². The first-order chi connectivity index (χ1) is 7.58. The smallest absolute Gasteiger partial charge is 0.485 e. The van der Waals surface area contributed by atoms with E-state index in [0.717, 1.165) is 6.07 Å². The molecule has 0 amide bonds. The summed E-state index contributed by atoms with van der Waals surface area (Å²) in [5.41, 5.74) is -5.41. The van der Waals surface area contributed by atoms with Crippen molar-refractivity contribution in [1.82, 2.24) is 0 Å². The van der Waals surface area contributed by atoms with Gasteiger partial charge in [-0.3, -0.25) is 0 Å². The van der Waals surface area contributed by atoms with Crippen LogP contribution in [0.2, 0.25) is 0 Å². The van der Waals surface area contributed by atoms with Crippen LogP contribution in [0.1, 0.15) is 0 Å². The van der Waals surface area contributed by atoms with E-state index in [4.69, 9.17) is 18.4 Å². The number of diazo groups is 1. The summed E-state index contributed by atoms with van der Waals surface area (Å²) in [6.45, 7) is 0. The van der Waals surface area contributed by atoms with Gasteiger partial charge < -0.3 is 4.55 Å². The lowest BCUT2D eigenvalue weighted by atomic mass is 10.3. The zero-order valence-corrected chi connectivity index (χ0v) is 8.67. The molecule has 5 nitrogen and oxygen atoms in total. The van der Waals surface area contributed by atoms with Crippen molar-refractivity contribution in [1.29, 1.82) is 5.39 Å². The number of hydrogen-bond acceptors (Lipinski definition) is 4. The van der Waals surface area contributed by atoms with E-state index < -0.39 is 21.4 Å². The van der Waals surface area contributed by atoms with Gasteiger partial charge >= 0.3 is 11.2 Å². The van der Waals surface area contributed by atoms with Gasteiger partial charge in [-0.2, -0.15) is 13.2 Å². The highest BCUT2D eigenvalue weighted by atomic mass is 32.2. The zero-order chi connectivity index (χ0) is 13.7. The van der Waals surface area contributed by atoms with Gasteiger partial charge in [0.25, 0.3) is 0 Å². The predicted molar refractivity (Wildman–Crippen MR) is 46.9 cm³/mol. The number of nitrogens with zero attached hydrogens (tertiary/aromatic N) is 2. The summed E-state index contributed by atoms with van der Waals surface area (Å²) < 4.78 is 71.1. The molecule has 0 unspecified atom stereocenters. The van der Waals surface area contributed by atoms with Crippen LogP contribution in [-0.2, 0) is 10.1 Å². The highest BCUT2D eigenvalue weighted by Crippen LogP contribution is 2.20. The van der Waals surface area contributed by atoms with Crippen LogP contribution in [0.15, 0.2) is 24.3 Å². The monoisotopic (exact) mass is 272 g/mol. The van der Waals surface area contributed by atoms with E-state index in [9.17, 15) is 17.6 Å². The second-order valence-corrected chi connectivity index (χ2v) is 3.85. The lowest BCUT2D eigenvalue weighted by molar-refractivity contribution is -0.0517. The molecule has 0 saturated heterocycles. The van der Waals surface area contributed by atoms with Gasteiger partial charge in [-0.25, -0.2) is 12.8 Å². The number of halogens is 4. The van der Waals surface area contributed by atoms with E-state index in [1.54, 1.807) is 0 Å². The number of benzene rings is 1. The molecule has 0 atom stereocenters. The van der Waals surface area contributed by atoms with E-state index in [1.807, 2.05) is 0 Å². The minimum Gasteiger partial charge on any atom is -0.741 e. The van der Waals surface area contributed by atoms with Crippen molar-refractivity contribution >= 4 is 15.8 Å². The Morgan fingerprint density at radius 1 is 1.29 bits per heavy atom. The Bertz CT molecular complexity index is 521. The molecule has 0 N–H and O–H groups in total. The molecule has 0 spiro atoms. The molecular formula is C7H4F4N2O3S. The minimum absolute atomic E-state index is 0.231. The van der Waals surface area contributed by atoms with Crippen LogP contribution in [0.5, 0.6) is 0 Å². The summed E-state index contributed by atoms with van der Waals surface area (Å²) in [5.74, 6) is -0.398. The molecule has 0 radical (unpaired) electrons. The van der Waals surface area contributed by atoms with E-state index in [-0.39, 0.29) is 5.69 Å². The highest BCUT2D eigenvalue weighted by molar-refractivity contribution is 7.86. The molecule has 1 rings (SSSR count). The summed E-state index contributed by atoms with van der Waals surface area (Å²) in [7, 11) is -6.09. The maximum Gasteiger partial charge on any atom is 0.485 e. The molecule has 94 valence electrons. The van der Waals surface area contributed by atoms with Gasteiger partial charge in [-0.1, -0.05) is 6.07 Å². The van der Waals surface area contributed by atoms with Crippen LogP contribution in [0.3, 0.4) is 0 Å².